The molecule has 0 radical (unpaired) electrons. The van der Waals surface area contributed by atoms with E-state index in [2.05, 4.69) is 50.4 Å². The van der Waals surface area contributed by atoms with Crippen LogP contribution in [0.4, 0.5) is 0 Å². The normalized spacial score (nSPS) is 12.1. The van der Waals surface area contributed by atoms with E-state index < -0.39 is 0 Å². The summed E-state index contributed by atoms with van der Waals surface area (Å²) in [7, 11) is 0. The van der Waals surface area contributed by atoms with E-state index in [9.17, 15) is 0 Å². The second-order valence-corrected chi connectivity index (χ2v) is 5.94. The van der Waals surface area contributed by atoms with Crippen LogP contribution in [0.2, 0.25) is 0 Å². The summed E-state index contributed by atoms with van der Waals surface area (Å²) in [5, 5.41) is 4.72. The molecule has 2 rings (SSSR count). The third kappa shape index (κ3) is 2.45. The lowest BCUT2D eigenvalue weighted by Crippen LogP contribution is -2.19. The minimum absolute atomic E-state index is 0.0950. The van der Waals surface area contributed by atoms with E-state index in [1.165, 1.54) is 5.69 Å². The maximum absolute atomic E-state index is 4.72. The number of rotatable bonds is 2. The first-order valence-corrected chi connectivity index (χ1v) is 6.40. The summed E-state index contributed by atoms with van der Waals surface area (Å²) in [5.41, 5.74) is 3.43. The summed E-state index contributed by atoms with van der Waals surface area (Å²) in [6.45, 7) is 11.0. The molecule has 0 aliphatic heterocycles. The zero-order valence-electron chi connectivity index (χ0n) is 11.8. The fraction of sp³-hybridized carbons (Fsp3) is 0.467. The van der Waals surface area contributed by atoms with Crippen molar-refractivity contribution in [3.05, 3.63) is 36.3 Å². The van der Waals surface area contributed by atoms with Crippen molar-refractivity contribution >= 4 is 0 Å². The van der Waals surface area contributed by atoms with Gasteiger partial charge in [-0.1, -0.05) is 20.8 Å². The Morgan fingerprint density at radius 3 is 2.39 bits per heavy atom. The molecule has 0 aromatic carbocycles. The van der Waals surface area contributed by atoms with Crippen LogP contribution in [0.3, 0.4) is 0 Å². The van der Waals surface area contributed by atoms with Crippen molar-refractivity contribution in [1.29, 1.82) is 0 Å². The fourth-order valence-electron chi connectivity index (χ4n) is 2.00. The molecule has 3 heteroatoms. The van der Waals surface area contributed by atoms with E-state index in [0.29, 0.717) is 6.04 Å². The monoisotopic (exact) mass is 243 g/mol. The molecule has 0 amide bonds. The Labute approximate surface area is 109 Å². The lowest BCUT2D eigenvalue weighted by atomic mass is 9.91. The molecule has 0 saturated heterocycles. The van der Waals surface area contributed by atoms with Gasteiger partial charge in [0.2, 0.25) is 0 Å². The predicted octanol–water partition coefficient (Wildman–Crippen LogP) is 3.82. The van der Waals surface area contributed by atoms with Gasteiger partial charge in [0.15, 0.2) is 0 Å². The SMILES string of the molecule is CC(C)n1nc(-c2cccnc2)cc1C(C)(C)C. The zero-order chi connectivity index (χ0) is 13.3. The van der Waals surface area contributed by atoms with Gasteiger partial charge in [0, 0.05) is 35.1 Å². The molecule has 96 valence electrons. The Balaban J connectivity index is 2.53. The molecule has 0 aliphatic rings. The van der Waals surface area contributed by atoms with Crippen LogP contribution in [0.25, 0.3) is 11.3 Å². The zero-order valence-corrected chi connectivity index (χ0v) is 11.8. The van der Waals surface area contributed by atoms with E-state index in [1.54, 1.807) is 6.20 Å². The molecular weight excluding hydrogens is 222 g/mol. The Bertz CT molecular complexity index is 518. The van der Waals surface area contributed by atoms with Crippen LogP contribution in [0.15, 0.2) is 30.6 Å². The molecule has 0 aliphatic carbocycles. The largest absolute Gasteiger partial charge is 0.266 e. The van der Waals surface area contributed by atoms with Crippen LogP contribution in [-0.4, -0.2) is 14.8 Å². The molecule has 2 aromatic heterocycles. The Kier molecular flexibility index (Phi) is 3.24. The molecule has 0 unspecified atom stereocenters. The maximum atomic E-state index is 4.72. The molecule has 3 nitrogen and oxygen atoms in total. The van der Waals surface area contributed by atoms with Gasteiger partial charge in [0.1, 0.15) is 0 Å². The van der Waals surface area contributed by atoms with E-state index in [4.69, 9.17) is 5.10 Å². The summed E-state index contributed by atoms with van der Waals surface area (Å²) in [6.07, 6.45) is 3.65. The third-order valence-corrected chi connectivity index (χ3v) is 2.95. The minimum atomic E-state index is 0.0950. The topological polar surface area (TPSA) is 30.7 Å². The minimum Gasteiger partial charge on any atom is -0.266 e. The third-order valence-electron chi connectivity index (χ3n) is 2.95. The van der Waals surface area contributed by atoms with Crippen LogP contribution < -0.4 is 0 Å². The van der Waals surface area contributed by atoms with E-state index in [0.717, 1.165) is 11.3 Å². The first-order valence-electron chi connectivity index (χ1n) is 6.40. The lowest BCUT2D eigenvalue weighted by molar-refractivity contribution is 0.447. The van der Waals surface area contributed by atoms with Crippen LogP contribution in [0, 0.1) is 0 Å². The average Bonchev–Trinajstić information content (AvgIpc) is 2.74. The quantitative estimate of drug-likeness (QED) is 0.802. The predicted molar refractivity (Wildman–Crippen MR) is 74.5 cm³/mol. The lowest BCUT2D eigenvalue weighted by Gasteiger charge is -2.22. The molecule has 2 heterocycles. The molecule has 2 aromatic rings. The molecule has 0 spiro atoms. The molecule has 0 atom stereocenters. The Hall–Kier alpha value is -1.64. The van der Waals surface area contributed by atoms with Gasteiger partial charge >= 0.3 is 0 Å². The second kappa shape index (κ2) is 4.56. The van der Waals surface area contributed by atoms with Gasteiger partial charge in [-0.2, -0.15) is 5.10 Å². The molecule has 18 heavy (non-hydrogen) atoms. The molecular formula is C15H21N3. The van der Waals surface area contributed by atoms with Gasteiger partial charge in [0.25, 0.3) is 0 Å². The average molecular weight is 243 g/mol. The molecule has 0 fully saturated rings. The van der Waals surface area contributed by atoms with Gasteiger partial charge in [0.05, 0.1) is 5.69 Å². The van der Waals surface area contributed by atoms with Crippen LogP contribution >= 0.6 is 0 Å². The van der Waals surface area contributed by atoms with Gasteiger partial charge in [-0.3, -0.25) is 9.67 Å². The Morgan fingerprint density at radius 1 is 1.22 bits per heavy atom. The maximum Gasteiger partial charge on any atom is 0.0941 e. The number of aromatic nitrogens is 3. The molecule has 0 saturated carbocycles. The highest BCUT2D eigenvalue weighted by Gasteiger charge is 2.22. The highest BCUT2D eigenvalue weighted by Crippen LogP contribution is 2.29. The summed E-state index contributed by atoms with van der Waals surface area (Å²) < 4.78 is 2.11. The Morgan fingerprint density at radius 2 is 1.94 bits per heavy atom. The van der Waals surface area contributed by atoms with Crippen molar-refractivity contribution < 1.29 is 0 Å². The van der Waals surface area contributed by atoms with E-state index >= 15 is 0 Å². The van der Waals surface area contributed by atoms with Crippen molar-refractivity contribution in [2.75, 3.05) is 0 Å². The van der Waals surface area contributed by atoms with Crippen molar-refractivity contribution in [2.24, 2.45) is 0 Å². The van der Waals surface area contributed by atoms with Gasteiger partial charge in [-0.15, -0.1) is 0 Å². The summed E-state index contributed by atoms with van der Waals surface area (Å²) >= 11 is 0. The fourth-order valence-corrected chi connectivity index (χ4v) is 2.00. The number of hydrogen-bond donors (Lipinski definition) is 0. The summed E-state index contributed by atoms with van der Waals surface area (Å²) in [5.74, 6) is 0. The van der Waals surface area contributed by atoms with E-state index in [-0.39, 0.29) is 5.41 Å². The van der Waals surface area contributed by atoms with Gasteiger partial charge in [-0.05, 0) is 32.0 Å². The van der Waals surface area contributed by atoms with Crippen molar-refractivity contribution in [2.45, 2.75) is 46.1 Å². The first kappa shape index (κ1) is 12.8. The van der Waals surface area contributed by atoms with Crippen LogP contribution in [-0.2, 0) is 5.41 Å². The molecule has 0 bridgehead atoms. The van der Waals surface area contributed by atoms with Crippen molar-refractivity contribution in [3.8, 4) is 11.3 Å². The number of nitrogens with zero attached hydrogens (tertiary/aromatic N) is 3. The highest BCUT2D eigenvalue weighted by atomic mass is 15.3. The first-order chi connectivity index (χ1) is 8.39. The van der Waals surface area contributed by atoms with Gasteiger partial charge < -0.3 is 0 Å². The molecule has 0 N–H and O–H groups in total. The summed E-state index contributed by atoms with van der Waals surface area (Å²) in [6, 6.07) is 6.54. The summed E-state index contributed by atoms with van der Waals surface area (Å²) in [4.78, 5) is 4.16. The highest BCUT2D eigenvalue weighted by molar-refractivity contribution is 5.58. The van der Waals surface area contributed by atoms with Gasteiger partial charge in [-0.25, -0.2) is 0 Å². The second-order valence-electron chi connectivity index (χ2n) is 5.94. The number of pyridine rings is 1. The van der Waals surface area contributed by atoms with Crippen molar-refractivity contribution in [3.63, 3.8) is 0 Å². The van der Waals surface area contributed by atoms with Crippen molar-refractivity contribution in [1.82, 2.24) is 14.8 Å². The smallest absolute Gasteiger partial charge is 0.0941 e. The number of hydrogen-bond acceptors (Lipinski definition) is 2. The van der Waals surface area contributed by atoms with Crippen LogP contribution in [0.5, 0.6) is 0 Å². The van der Waals surface area contributed by atoms with Crippen LogP contribution in [0.1, 0.15) is 46.4 Å². The standard InChI is InChI=1S/C15H21N3/c1-11(2)18-14(15(3,4)5)9-13(17-18)12-7-6-8-16-10-12/h6-11H,1-5H3. The van der Waals surface area contributed by atoms with E-state index in [1.807, 2.05) is 18.3 Å².